The fourth-order valence-electron chi connectivity index (χ4n) is 2.04. The number of likely N-dealkylation sites (tertiary alicyclic amines) is 1. The van der Waals surface area contributed by atoms with Gasteiger partial charge in [-0.3, -0.25) is 20.6 Å². The van der Waals surface area contributed by atoms with E-state index in [0.717, 1.165) is 25.9 Å². The Bertz CT molecular complexity index is 430. The Hall–Kier alpha value is -1.69. The largest absolute Gasteiger partial charge is 0.348 e. The van der Waals surface area contributed by atoms with Crippen molar-refractivity contribution in [2.75, 3.05) is 13.1 Å². The molecule has 0 bridgehead atoms. The number of carbonyl (C=O) groups excluding carboxylic acids is 1. The molecule has 0 aromatic carbocycles. The maximum absolute atomic E-state index is 11.8. The molecule has 0 saturated carbocycles. The molecule has 1 aromatic heterocycles. The van der Waals surface area contributed by atoms with Gasteiger partial charge < -0.3 is 4.90 Å². The van der Waals surface area contributed by atoms with Crippen LogP contribution in [-0.4, -0.2) is 34.0 Å². The van der Waals surface area contributed by atoms with E-state index >= 15 is 0 Å². The van der Waals surface area contributed by atoms with Gasteiger partial charge in [0.15, 0.2) is 5.11 Å². The van der Waals surface area contributed by atoms with Crippen molar-refractivity contribution in [3.63, 3.8) is 0 Å². The first-order valence-corrected chi connectivity index (χ1v) is 6.93. The average molecular weight is 278 g/mol. The van der Waals surface area contributed by atoms with E-state index in [1.807, 2.05) is 0 Å². The van der Waals surface area contributed by atoms with Gasteiger partial charge in [0.2, 0.25) is 0 Å². The molecule has 0 unspecified atom stereocenters. The van der Waals surface area contributed by atoms with Crippen molar-refractivity contribution < 1.29 is 4.79 Å². The van der Waals surface area contributed by atoms with Crippen LogP contribution in [0, 0.1) is 0 Å². The molecule has 2 heterocycles. The number of rotatable bonds is 1. The van der Waals surface area contributed by atoms with Crippen molar-refractivity contribution in [2.45, 2.75) is 25.7 Å². The van der Waals surface area contributed by atoms with Crippen molar-refractivity contribution in [2.24, 2.45) is 0 Å². The smallest absolute Gasteiger partial charge is 0.269 e. The average Bonchev–Trinajstić information content (AvgIpc) is 2.74. The van der Waals surface area contributed by atoms with Crippen LogP contribution in [0.15, 0.2) is 24.5 Å². The molecule has 1 amide bonds. The maximum Gasteiger partial charge on any atom is 0.269 e. The maximum atomic E-state index is 11.8. The molecule has 0 radical (unpaired) electrons. The molecule has 0 atom stereocenters. The molecule has 2 N–H and O–H groups in total. The number of carbonyl (C=O) groups is 1. The lowest BCUT2D eigenvalue weighted by molar-refractivity contribution is 0.0942. The number of nitrogens with one attached hydrogen (secondary N) is 2. The number of amides is 1. The van der Waals surface area contributed by atoms with Crippen LogP contribution < -0.4 is 10.9 Å². The Labute approximate surface area is 118 Å². The molecule has 1 saturated heterocycles. The normalized spacial score (nSPS) is 15.5. The molecule has 102 valence electrons. The SMILES string of the molecule is O=C(NNC(=S)N1CCCCCC1)c1ccncc1. The van der Waals surface area contributed by atoms with E-state index in [4.69, 9.17) is 12.2 Å². The van der Waals surface area contributed by atoms with Crippen LogP contribution in [0.1, 0.15) is 36.0 Å². The van der Waals surface area contributed by atoms with Crippen LogP contribution in [-0.2, 0) is 0 Å². The van der Waals surface area contributed by atoms with E-state index in [1.54, 1.807) is 24.5 Å². The number of hydrazine groups is 1. The summed E-state index contributed by atoms with van der Waals surface area (Å²) in [4.78, 5) is 17.8. The molecule has 1 aromatic rings. The monoisotopic (exact) mass is 278 g/mol. The molecule has 2 rings (SSSR count). The van der Waals surface area contributed by atoms with Gasteiger partial charge in [-0.15, -0.1) is 0 Å². The molecule has 6 heteroatoms. The Morgan fingerprint density at radius 1 is 1.11 bits per heavy atom. The lowest BCUT2D eigenvalue weighted by Crippen LogP contribution is -2.48. The summed E-state index contributed by atoms with van der Waals surface area (Å²) in [6.07, 6.45) is 7.98. The summed E-state index contributed by atoms with van der Waals surface area (Å²) >= 11 is 5.29. The standard InChI is InChI=1S/C13H18N4OS/c18-12(11-5-7-14-8-6-11)15-16-13(19)17-9-3-1-2-4-10-17/h5-8H,1-4,9-10H2,(H,15,18)(H,16,19). The molecule has 19 heavy (non-hydrogen) atoms. The zero-order valence-electron chi connectivity index (χ0n) is 10.8. The Morgan fingerprint density at radius 2 is 1.74 bits per heavy atom. The minimum absolute atomic E-state index is 0.209. The fourth-order valence-corrected chi connectivity index (χ4v) is 2.27. The van der Waals surface area contributed by atoms with Crippen LogP contribution in [0.3, 0.4) is 0 Å². The highest BCUT2D eigenvalue weighted by Gasteiger charge is 2.13. The first kappa shape index (κ1) is 13.7. The van der Waals surface area contributed by atoms with Gasteiger partial charge in [0.25, 0.3) is 5.91 Å². The third-order valence-corrected chi connectivity index (χ3v) is 3.48. The molecule has 5 nitrogen and oxygen atoms in total. The Balaban J connectivity index is 1.81. The van der Waals surface area contributed by atoms with Gasteiger partial charge in [0.1, 0.15) is 0 Å². The molecular formula is C13H18N4OS. The lowest BCUT2D eigenvalue weighted by Gasteiger charge is -2.23. The van der Waals surface area contributed by atoms with Gasteiger partial charge in [-0.2, -0.15) is 0 Å². The summed E-state index contributed by atoms with van der Waals surface area (Å²) in [6.45, 7) is 1.91. The molecule has 1 fully saturated rings. The van der Waals surface area contributed by atoms with Crippen molar-refractivity contribution >= 4 is 23.2 Å². The first-order valence-electron chi connectivity index (χ1n) is 6.52. The van der Waals surface area contributed by atoms with Gasteiger partial charge in [0.05, 0.1) is 0 Å². The Kier molecular flexibility index (Phi) is 5.09. The van der Waals surface area contributed by atoms with Crippen LogP contribution in [0.5, 0.6) is 0 Å². The summed E-state index contributed by atoms with van der Waals surface area (Å²) in [5, 5.41) is 0.587. The van der Waals surface area contributed by atoms with Gasteiger partial charge >= 0.3 is 0 Å². The van der Waals surface area contributed by atoms with Gasteiger partial charge in [0, 0.05) is 31.0 Å². The number of hydrogen-bond donors (Lipinski definition) is 2. The minimum Gasteiger partial charge on any atom is -0.348 e. The zero-order valence-corrected chi connectivity index (χ0v) is 11.6. The van der Waals surface area contributed by atoms with Gasteiger partial charge in [-0.05, 0) is 37.2 Å². The summed E-state index contributed by atoms with van der Waals surface area (Å²) < 4.78 is 0. The summed E-state index contributed by atoms with van der Waals surface area (Å²) in [5.74, 6) is -0.209. The van der Waals surface area contributed by atoms with Crippen molar-refractivity contribution in [3.05, 3.63) is 30.1 Å². The Morgan fingerprint density at radius 3 is 2.37 bits per heavy atom. The van der Waals surface area contributed by atoms with E-state index in [9.17, 15) is 4.79 Å². The molecule has 0 spiro atoms. The van der Waals surface area contributed by atoms with Crippen molar-refractivity contribution in [3.8, 4) is 0 Å². The fraction of sp³-hybridized carbons (Fsp3) is 0.462. The van der Waals surface area contributed by atoms with Crippen LogP contribution in [0.4, 0.5) is 0 Å². The number of nitrogens with zero attached hydrogens (tertiary/aromatic N) is 2. The number of pyridine rings is 1. The summed E-state index contributed by atoms with van der Waals surface area (Å²) in [7, 11) is 0. The quantitative estimate of drug-likeness (QED) is 0.602. The van der Waals surface area contributed by atoms with Crippen molar-refractivity contribution in [1.29, 1.82) is 0 Å². The third kappa shape index (κ3) is 4.17. The summed E-state index contributed by atoms with van der Waals surface area (Å²) in [5.41, 5.74) is 5.99. The molecular weight excluding hydrogens is 260 g/mol. The van der Waals surface area contributed by atoms with E-state index in [-0.39, 0.29) is 5.91 Å². The first-order chi connectivity index (χ1) is 9.27. The predicted octanol–water partition coefficient (Wildman–Crippen LogP) is 1.48. The zero-order chi connectivity index (χ0) is 13.5. The van der Waals surface area contributed by atoms with E-state index in [1.165, 1.54) is 12.8 Å². The molecule has 1 aliphatic rings. The van der Waals surface area contributed by atoms with Crippen LogP contribution >= 0.6 is 12.2 Å². The van der Waals surface area contributed by atoms with Crippen LogP contribution in [0.2, 0.25) is 0 Å². The number of hydrogen-bond acceptors (Lipinski definition) is 3. The predicted molar refractivity (Wildman–Crippen MR) is 77.5 cm³/mol. The summed E-state index contributed by atoms with van der Waals surface area (Å²) in [6, 6.07) is 3.32. The highest BCUT2D eigenvalue weighted by molar-refractivity contribution is 7.80. The van der Waals surface area contributed by atoms with Gasteiger partial charge in [-0.25, -0.2) is 0 Å². The third-order valence-electron chi connectivity index (χ3n) is 3.12. The highest BCUT2D eigenvalue weighted by atomic mass is 32.1. The second-order valence-corrected chi connectivity index (χ2v) is 4.91. The molecule has 0 aliphatic carbocycles. The van der Waals surface area contributed by atoms with E-state index in [2.05, 4.69) is 20.7 Å². The number of thiocarbonyl (C=S) groups is 1. The lowest BCUT2D eigenvalue weighted by atomic mass is 10.2. The van der Waals surface area contributed by atoms with Gasteiger partial charge in [-0.1, -0.05) is 12.8 Å². The minimum atomic E-state index is -0.209. The second-order valence-electron chi connectivity index (χ2n) is 4.52. The van der Waals surface area contributed by atoms with Crippen LogP contribution in [0.25, 0.3) is 0 Å². The highest BCUT2D eigenvalue weighted by Crippen LogP contribution is 2.09. The van der Waals surface area contributed by atoms with E-state index in [0.29, 0.717) is 10.7 Å². The van der Waals surface area contributed by atoms with E-state index < -0.39 is 0 Å². The molecule has 1 aliphatic heterocycles. The topological polar surface area (TPSA) is 57.3 Å². The number of aromatic nitrogens is 1. The van der Waals surface area contributed by atoms with Crippen molar-refractivity contribution in [1.82, 2.24) is 20.7 Å². The second kappa shape index (κ2) is 7.04.